The van der Waals surface area contributed by atoms with Crippen molar-refractivity contribution < 1.29 is 0 Å². The molecule has 0 amide bonds. The topological polar surface area (TPSA) is 0 Å². The van der Waals surface area contributed by atoms with Crippen molar-refractivity contribution in [2.75, 3.05) is 0 Å². The second-order valence-corrected chi connectivity index (χ2v) is 19.8. The number of hydrogen-bond acceptors (Lipinski definition) is 0. The van der Waals surface area contributed by atoms with Gasteiger partial charge in [-0.25, -0.2) is 0 Å². The summed E-state index contributed by atoms with van der Waals surface area (Å²) in [4.78, 5) is 0. The maximum Gasteiger partial charge on any atom is -0.0131 e. The van der Waals surface area contributed by atoms with Gasteiger partial charge in [-0.1, -0.05) is 285 Å². The fourth-order valence-electron chi connectivity index (χ4n) is 10.6. The molecule has 347 valence electrons. The van der Waals surface area contributed by atoms with Crippen molar-refractivity contribution in [2.45, 2.75) is 324 Å². The first kappa shape index (κ1) is 56.2. The molecule has 0 spiro atoms. The minimum absolute atomic E-state index is 0.741. The number of rotatable bonds is 46. The van der Waals surface area contributed by atoms with Gasteiger partial charge in [0, 0.05) is 0 Å². The van der Waals surface area contributed by atoms with Gasteiger partial charge in [0.05, 0.1) is 0 Å². The van der Waals surface area contributed by atoms with Gasteiger partial charge < -0.3 is 0 Å². The Morgan fingerprint density at radius 3 is 1.15 bits per heavy atom. The zero-order chi connectivity index (χ0) is 42.9. The lowest BCUT2D eigenvalue weighted by Crippen LogP contribution is -2.18. The van der Waals surface area contributed by atoms with E-state index in [4.69, 9.17) is 0 Å². The van der Waals surface area contributed by atoms with Gasteiger partial charge in [-0.2, -0.15) is 0 Å². The van der Waals surface area contributed by atoms with Crippen LogP contribution in [0.4, 0.5) is 0 Å². The zero-order valence-corrected chi connectivity index (χ0v) is 42.2. The Morgan fingerprint density at radius 1 is 0.339 bits per heavy atom. The number of unbranched alkanes of at least 4 members (excludes halogenated alkanes) is 26. The van der Waals surface area contributed by atoms with Gasteiger partial charge >= 0.3 is 0 Å². The minimum atomic E-state index is 0.741. The quantitative estimate of drug-likeness (QED) is 0.0575. The molecular weight excluding hydrogens is 709 g/mol. The van der Waals surface area contributed by atoms with Crippen LogP contribution in [0, 0.1) is 18.3 Å². The highest BCUT2D eigenvalue weighted by molar-refractivity contribution is 5.44. The molecule has 0 saturated carbocycles. The monoisotopic (exact) mass is 820 g/mol. The van der Waals surface area contributed by atoms with E-state index in [-0.39, 0.29) is 0 Å². The Balaban J connectivity index is 3.17. The molecule has 3 unspecified atom stereocenters. The summed E-state index contributed by atoms with van der Waals surface area (Å²) in [5.74, 6) is 2.41. The Kier molecular flexibility index (Phi) is 40.5. The molecule has 0 heteroatoms. The molecule has 0 aliphatic carbocycles. The summed E-state index contributed by atoms with van der Waals surface area (Å²) in [7, 11) is 0. The molecule has 0 bridgehead atoms. The minimum Gasteiger partial charge on any atom is -0.0654 e. The van der Waals surface area contributed by atoms with E-state index >= 15 is 0 Å². The Bertz CT molecular complexity index is 988. The van der Waals surface area contributed by atoms with Crippen LogP contribution in [0.3, 0.4) is 0 Å². The first-order valence-corrected chi connectivity index (χ1v) is 28.1. The van der Waals surface area contributed by atoms with E-state index in [1.165, 1.54) is 270 Å². The molecule has 0 nitrogen and oxygen atoms in total. The van der Waals surface area contributed by atoms with E-state index in [0.29, 0.717) is 0 Å². The highest BCUT2D eigenvalue weighted by atomic mass is 14.3. The van der Waals surface area contributed by atoms with Crippen molar-refractivity contribution in [1.29, 1.82) is 0 Å². The zero-order valence-electron chi connectivity index (χ0n) is 42.2. The van der Waals surface area contributed by atoms with Gasteiger partial charge in [0.2, 0.25) is 0 Å². The smallest absolute Gasteiger partial charge is 0.0131 e. The van der Waals surface area contributed by atoms with E-state index in [0.717, 1.165) is 17.8 Å². The van der Waals surface area contributed by atoms with Crippen molar-refractivity contribution >= 4 is 0 Å². The van der Waals surface area contributed by atoms with Crippen LogP contribution in [-0.4, -0.2) is 0 Å². The lowest BCUT2D eigenvalue weighted by Gasteiger charge is -2.32. The van der Waals surface area contributed by atoms with E-state index < -0.39 is 0 Å². The summed E-state index contributed by atoms with van der Waals surface area (Å²) >= 11 is 0. The van der Waals surface area contributed by atoms with E-state index in [1.54, 1.807) is 22.3 Å². The molecule has 0 fully saturated rings. The van der Waals surface area contributed by atoms with E-state index in [1.807, 2.05) is 0 Å². The molecule has 0 aliphatic heterocycles. The van der Waals surface area contributed by atoms with Crippen molar-refractivity contribution in [2.24, 2.45) is 11.8 Å². The van der Waals surface area contributed by atoms with Crippen LogP contribution < -0.4 is 0 Å². The van der Waals surface area contributed by atoms with Gasteiger partial charge in [-0.15, -0.1) is 0 Å². The molecule has 1 radical (unpaired) electrons. The van der Waals surface area contributed by atoms with Crippen molar-refractivity contribution in [3.63, 3.8) is 0 Å². The second kappa shape index (κ2) is 42.5. The van der Waals surface area contributed by atoms with E-state index in [2.05, 4.69) is 67.0 Å². The molecule has 0 saturated heterocycles. The maximum atomic E-state index is 2.90. The Hall–Kier alpha value is -0.780. The largest absolute Gasteiger partial charge is 0.0654 e. The number of aryl methyl sites for hydroxylation is 1. The fraction of sp³-hybridized carbons (Fsp3) is 0.881. The highest BCUT2D eigenvalue weighted by Gasteiger charge is 2.27. The molecule has 59 heavy (non-hydrogen) atoms. The van der Waals surface area contributed by atoms with Gasteiger partial charge in [-0.05, 0) is 91.4 Å². The van der Waals surface area contributed by atoms with Crippen molar-refractivity contribution in [3.8, 4) is 0 Å². The summed E-state index contributed by atoms with van der Waals surface area (Å²) in [5.41, 5.74) is 7.05. The molecule has 0 N–H and O–H groups in total. The second-order valence-electron chi connectivity index (χ2n) is 19.8. The summed E-state index contributed by atoms with van der Waals surface area (Å²) in [6.45, 7) is 16.7. The molecule has 3 atom stereocenters. The average Bonchev–Trinajstić information content (AvgIpc) is 3.24. The van der Waals surface area contributed by atoms with Crippen LogP contribution in [0.5, 0.6) is 0 Å². The molecule has 1 rings (SSSR count). The van der Waals surface area contributed by atoms with Crippen molar-refractivity contribution in [3.05, 3.63) is 40.8 Å². The van der Waals surface area contributed by atoms with Gasteiger partial charge in [0.15, 0.2) is 0 Å². The highest BCUT2D eigenvalue weighted by Crippen LogP contribution is 2.41. The van der Waals surface area contributed by atoms with Crippen LogP contribution in [0.2, 0.25) is 0 Å². The van der Waals surface area contributed by atoms with Gasteiger partial charge in [0.25, 0.3) is 0 Å². The Morgan fingerprint density at radius 2 is 0.712 bits per heavy atom. The standard InChI is InChI=1S/C59H111/c1-8-15-19-22-25-28-30-33-36-40-48-55(57(50-37-18-11-4)59-52-51-54(42-12-5)56(43-13-6)58(59)44-14-7)49-41-47-53(45-38-34-31-27-24-21-17-10-3)46-39-35-32-29-26-23-20-16-9-2/h47,51-53,55,57H,8-46,48-50H2,1-7H3. The molecule has 0 heterocycles. The first-order valence-electron chi connectivity index (χ1n) is 28.1. The third-order valence-electron chi connectivity index (χ3n) is 14.2. The van der Waals surface area contributed by atoms with Crippen LogP contribution in [-0.2, 0) is 19.3 Å². The Labute approximate surface area is 375 Å². The fourth-order valence-corrected chi connectivity index (χ4v) is 10.6. The molecular formula is C59H111. The molecule has 0 aliphatic rings. The predicted molar refractivity (Wildman–Crippen MR) is 271 cm³/mol. The van der Waals surface area contributed by atoms with Crippen molar-refractivity contribution in [1.82, 2.24) is 0 Å². The van der Waals surface area contributed by atoms with Crippen LogP contribution in [0.15, 0.2) is 12.1 Å². The molecule has 1 aromatic carbocycles. The molecule has 1 aromatic rings. The summed E-state index contributed by atoms with van der Waals surface area (Å²) in [6, 6.07) is 5.31. The normalized spacial score (nSPS) is 13.3. The van der Waals surface area contributed by atoms with Gasteiger partial charge in [-0.3, -0.25) is 0 Å². The third-order valence-corrected chi connectivity index (χ3v) is 14.2. The summed E-state index contributed by atoms with van der Waals surface area (Å²) in [5, 5.41) is 0. The summed E-state index contributed by atoms with van der Waals surface area (Å²) in [6.07, 6.45) is 62.2. The number of benzene rings is 1. The van der Waals surface area contributed by atoms with Crippen LogP contribution >= 0.6 is 0 Å². The third kappa shape index (κ3) is 29.3. The van der Waals surface area contributed by atoms with Gasteiger partial charge in [0.1, 0.15) is 0 Å². The van der Waals surface area contributed by atoms with Crippen LogP contribution in [0.1, 0.15) is 327 Å². The predicted octanol–water partition coefficient (Wildman–Crippen LogP) is 21.2. The van der Waals surface area contributed by atoms with Crippen LogP contribution in [0.25, 0.3) is 0 Å². The lowest BCUT2D eigenvalue weighted by molar-refractivity contribution is 0.323. The summed E-state index contributed by atoms with van der Waals surface area (Å²) < 4.78 is 0. The first-order chi connectivity index (χ1) is 29.1. The number of hydrogen-bond donors (Lipinski definition) is 0. The molecule has 0 aromatic heterocycles. The van der Waals surface area contributed by atoms with E-state index in [9.17, 15) is 0 Å². The maximum absolute atomic E-state index is 2.90. The SMILES string of the molecule is CCCCCCCCCCCCC(CC[CH]C(CCCCCCCCCC)CCCCCCCCCCC)C(CCCCC)c1ccc(CCC)c(CCC)c1CCC. The average molecular weight is 821 g/mol. The lowest BCUT2D eigenvalue weighted by atomic mass is 9.73.